The van der Waals surface area contributed by atoms with E-state index in [1.165, 1.54) is 37.1 Å². The number of nitrogen functional groups attached to an aromatic ring is 1. The van der Waals surface area contributed by atoms with Gasteiger partial charge in [0.2, 0.25) is 5.13 Å². The van der Waals surface area contributed by atoms with Gasteiger partial charge in [0.15, 0.2) is 5.01 Å². The fraction of sp³-hybridized carbons (Fsp3) is 0.714. The van der Waals surface area contributed by atoms with Crippen LogP contribution in [0.25, 0.3) is 0 Å². The molecule has 1 aliphatic heterocycles. The normalized spacial score (nSPS) is 24.2. The summed E-state index contributed by atoms with van der Waals surface area (Å²) in [6.07, 6.45) is 3.85. The zero-order chi connectivity index (χ0) is 8.39. The van der Waals surface area contributed by atoms with Crippen LogP contribution in [0.1, 0.15) is 30.3 Å². The summed E-state index contributed by atoms with van der Waals surface area (Å²) in [5.41, 5.74) is 5.52. The van der Waals surface area contributed by atoms with Crippen LogP contribution in [0.4, 0.5) is 5.13 Å². The molecule has 1 aliphatic rings. The molecule has 0 radical (unpaired) electrons. The molecule has 66 valence electrons. The second-order valence-corrected chi connectivity index (χ2v) is 4.15. The van der Waals surface area contributed by atoms with E-state index in [2.05, 4.69) is 15.5 Å². The van der Waals surface area contributed by atoms with Crippen LogP contribution in [0.2, 0.25) is 0 Å². The first-order valence-electron chi connectivity index (χ1n) is 4.28. The van der Waals surface area contributed by atoms with Gasteiger partial charge in [0.25, 0.3) is 0 Å². The second-order valence-electron chi connectivity index (χ2n) is 3.11. The summed E-state index contributed by atoms with van der Waals surface area (Å²) in [5.74, 6) is 0. The number of hydrogen-bond donors (Lipinski definition) is 2. The molecule has 0 bridgehead atoms. The second kappa shape index (κ2) is 3.37. The molecule has 1 fully saturated rings. The third-order valence-electron chi connectivity index (χ3n) is 2.19. The van der Waals surface area contributed by atoms with Gasteiger partial charge in [-0.05, 0) is 12.8 Å². The van der Waals surface area contributed by atoms with Crippen molar-refractivity contribution in [3.8, 4) is 0 Å². The summed E-state index contributed by atoms with van der Waals surface area (Å²) in [5, 5.41) is 11.9. The third kappa shape index (κ3) is 1.56. The van der Waals surface area contributed by atoms with Crippen LogP contribution in [0.5, 0.6) is 0 Å². The third-order valence-corrected chi connectivity index (χ3v) is 3.08. The van der Waals surface area contributed by atoms with E-state index in [1.54, 1.807) is 0 Å². The van der Waals surface area contributed by atoms with E-state index in [0.29, 0.717) is 11.2 Å². The fourth-order valence-corrected chi connectivity index (χ4v) is 2.31. The van der Waals surface area contributed by atoms with Crippen molar-refractivity contribution < 1.29 is 5.32 Å². The van der Waals surface area contributed by atoms with Crippen LogP contribution in [0.3, 0.4) is 0 Å². The Kier molecular flexibility index (Phi) is 2.23. The van der Waals surface area contributed by atoms with Gasteiger partial charge in [0.05, 0.1) is 6.54 Å². The maximum absolute atomic E-state index is 5.52. The summed E-state index contributed by atoms with van der Waals surface area (Å²) in [6, 6.07) is 0.522. The van der Waals surface area contributed by atoms with Gasteiger partial charge < -0.3 is 11.1 Å². The first kappa shape index (κ1) is 7.94. The Labute approximate surface area is 75.2 Å². The Hall–Kier alpha value is -0.680. The predicted octanol–water partition coefficient (Wildman–Crippen LogP) is -0.0913. The monoisotopic (exact) mass is 185 g/mol. The molecule has 0 spiro atoms. The quantitative estimate of drug-likeness (QED) is 0.642. The minimum absolute atomic E-state index is 0.522. The van der Waals surface area contributed by atoms with Crippen LogP contribution < -0.4 is 11.1 Å². The number of piperidine rings is 1. The van der Waals surface area contributed by atoms with Crippen molar-refractivity contribution >= 4 is 16.5 Å². The van der Waals surface area contributed by atoms with E-state index >= 15 is 0 Å². The molecule has 0 saturated carbocycles. The lowest BCUT2D eigenvalue weighted by Crippen LogP contribution is -2.86. The number of rotatable bonds is 1. The van der Waals surface area contributed by atoms with Crippen molar-refractivity contribution in [2.75, 3.05) is 12.3 Å². The van der Waals surface area contributed by atoms with Crippen molar-refractivity contribution in [3.63, 3.8) is 0 Å². The molecular weight excluding hydrogens is 172 g/mol. The van der Waals surface area contributed by atoms with Gasteiger partial charge in [-0.1, -0.05) is 11.3 Å². The number of nitrogens with zero attached hydrogens (tertiary/aromatic N) is 2. The lowest BCUT2D eigenvalue weighted by Gasteiger charge is -2.16. The zero-order valence-electron chi connectivity index (χ0n) is 6.86. The zero-order valence-corrected chi connectivity index (χ0v) is 7.68. The average molecular weight is 185 g/mol. The van der Waals surface area contributed by atoms with Gasteiger partial charge in [0, 0.05) is 6.42 Å². The number of anilines is 1. The van der Waals surface area contributed by atoms with E-state index in [0.717, 1.165) is 5.01 Å². The molecular formula is C7H13N4S+. The maximum atomic E-state index is 5.52. The van der Waals surface area contributed by atoms with Gasteiger partial charge in [0.1, 0.15) is 6.04 Å². The first-order valence-corrected chi connectivity index (χ1v) is 5.10. The van der Waals surface area contributed by atoms with E-state index < -0.39 is 0 Å². The topological polar surface area (TPSA) is 68.4 Å². The highest BCUT2D eigenvalue weighted by atomic mass is 32.1. The molecule has 1 saturated heterocycles. The van der Waals surface area contributed by atoms with Crippen LogP contribution in [0.15, 0.2) is 0 Å². The molecule has 1 aromatic rings. The summed E-state index contributed by atoms with van der Waals surface area (Å²) in [7, 11) is 0. The lowest BCUT2D eigenvalue weighted by atomic mass is 10.1. The Balaban J connectivity index is 2.08. The summed E-state index contributed by atoms with van der Waals surface area (Å²) >= 11 is 1.52. The van der Waals surface area contributed by atoms with Gasteiger partial charge in [-0.15, -0.1) is 10.2 Å². The van der Waals surface area contributed by atoms with Crippen LogP contribution in [0, 0.1) is 0 Å². The molecule has 5 heteroatoms. The molecule has 4 nitrogen and oxygen atoms in total. The van der Waals surface area contributed by atoms with Crippen molar-refractivity contribution in [2.45, 2.75) is 25.3 Å². The highest BCUT2D eigenvalue weighted by molar-refractivity contribution is 7.15. The molecule has 4 N–H and O–H groups in total. The maximum Gasteiger partial charge on any atom is 0.203 e. The minimum atomic E-state index is 0.522. The Morgan fingerprint density at radius 3 is 2.92 bits per heavy atom. The first-order chi connectivity index (χ1) is 5.86. The summed E-state index contributed by atoms with van der Waals surface area (Å²) in [6.45, 7) is 1.21. The molecule has 12 heavy (non-hydrogen) atoms. The Morgan fingerprint density at radius 1 is 1.42 bits per heavy atom. The van der Waals surface area contributed by atoms with E-state index in [-0.39, 0.29) is 0 Å². The molecule has 1 atom stereocenters. The molecule has 2 rings (SSSR count). The van der Waals surface area contributed by atoms with Crippen LogP contribution >= 0.6 is 11.3 Å². The number of aromatic nitrogens is 2. The van der Waals surface area contributed by atoms with Crippen molar-refractivity contribution in [1.29, 1.82) is 0 Å². The standard InChI is InChI=1S/C7H12N4S/c8-7-11-10-6(12-7)5-3-1-2-4-9-5/h5,9H,1-4H2,(H2,8,11)/p+1/t5-/m1/s1. The Morgan fingerprint density at radius 2 is 2.33 bits per heavy atom. The predicted molar refractivity (Wildman–Crippen MR) is 47.7 cm³/mol. The van der Waals surface area contributed by atoms with Crippen LogP contribution in [-0.2, 0) is 0 Å². The van der Waals surface area contributed by atoms with Gasteiger partial charge in [-0.25, -0.2) is 0 Å². The number of nitrogens with two attached hydrogens (primary N) is 2. The Bertz CT molecular complexity index is 254. The highest BCUT2D eigenvalue weighted by Crippen LogP contribution is 2.22. The van der Waals surface area contributed by atoms with E-state index in [9.17, 15) is 0 Å². The molecule has 1 aromatic heterocycles. The largest absolute Gasteiger partial charge is 0.374 e. The number of quaternary nitrogens is 1. The summed E-state index contributed by atoms with van der Waals surface area (Å²) in [4.78, 5) is 0. The lowest BCUT2D eigenvalue weighted by molar-refractivity contribution is -0.704. The summed E-state index contributed by atoms with van der Waals surface area (Å²) < 4.78 is 0. The van der Waals surface area contributed by atoms with Crippen molar-refractivity contribution in [3.05, 3.63) is 5.01 Å². The molecule has 0 aliphatic carbocycles. The number of hydrogen-bond acceptors (Lipinski definition) is 4. The molecule has 0 amide bonds. The minimum Gasteiger partial charge on any atom is -0.374 e. The van der Waals surface area contributed by atoms with Crippen LogP contribution in [-0.4, -0.2) is 16.7 Å². The van der Waals surface area contributed by atoms with Gasteiger partial charge in [-0.3, -0.25) is 0 Å². The van der Waals surface area contributed by atoms with Gasteiger partial charge >= 0.3 is 0 Å². The van der Waals surface area contributed by atoms with Crippen molar-refractivity contribution in [1.82, 2.24) is 10.2 Å². The fourth-order valence-electron chi connectivity index (χ4n) is 1.57. The molecule has 2 heterocycles. The van der Waals surface area contributed by atoms with Crippen molar-refractivity contribution in [2.24, 2.45) is 0 Å². The molecule has 0 unspecified atom stereocenters. The van der Waals surface area contributed by atoms with E-state index in [4.69, 9.17) is 5.73 Å². The molecule has 0 aromatic carbocycles. The van der Waals surface area contributed by atoms with Gasteiger partial charge in [-0.2, -0.15) is 0 Å². The SMILES string of the molecule is Nc1nnc([C@H]2CCCC[NH2+]2)s1. The smallest absolute Gasteiger partial charge is 0.203 e. The highest BCUT2D eigenvalue weighted by Gasteiger charge is 2.21. The average Bonchev–Trinajstić information content (AvgIpc) is 2.54. The van der Waals surface area contributed by atoms with E-state index in [1.807, 2.05) is 0 Å².